The number of alkyl halides is 3. The fourth-order valence-corrected chi connectivity index (χ4v) is 12.3. The first-order valence-electron chi connectivity index (χ1n) is 15.9. The summed E-state index contributed by atoms with van der Waals surface area (Å²) in [5.41, 5.74) is -0.690. The predicted octanol–water partition coefficient (Wildman–Crippen LogP) is 7.87. The molecule has 260 valence electrons. The molecular formula is C38H37F3N2O5SSi. The predicted molar refractivity (Wildman–Crippen MR) is 189 cm³/mol. The van der Waals surface area contributed by atoms with Crippen molar-refractivity contribution in [3.63, 3.8) is 0 Å². The molecule has 0 amide bonds. The van der Waals surface area contributed by atoms with Crippen LogP contribution in [-0.4, -0.2) is 38.5 Å². The molecule has 1 aliphatic rings. The van der Waals surface area contributed by atoms with Gasteiger partial charge < -0.3 is 23.6 Å². The maximum absolute atomic E-state index is 13.8. The van der Waals surface area contributed by atoms with Crippen molar-refractivity contribution in [1.29, 1.82) is 0 Å². The molecule has 3 aromatic carbocycles. The van der Waals surface area contributed by atoms with Gasteiger partial charge in [0.2, 0.25) is 0 Å². The highest BCUT2D eigenvalue weighted by Crippen LogP contribution is 2.50. The number of aromatic amines is 1. The minimum atomic E-state index is -4.58. The van der Waals surface area contributed by atoms with E-state index < -0.39 is 43.3 Å². The summed E-state index contributed by atoms with van der Waals surface area (Å²) in [6.45, 7) is 6.08. The number of ether oxygens (including phenoxy) is 3. The van der Waals surface area contributed by atoms with Gasteiger partial charge in [0.15, 0.2) is 10.5 Å². The van der Waals surface area contributed by atoms with E-state index in [9.17, 15) is 18.0 Å². The van der Waals surface area contributed by atoms with Crippen LogP contribution in [0.4, 0.5) is 13.2 Å². The van der Waals surface area contributed by atoms with Crippen molar-refractivity contribution in [2.24, 2.45) is 0 Å². The number of hydrogen-bond donors (Lipinski definition) is 1. The SMILES string of the molecule is COC(=O)c1sc(C2(OC)Cc3[nH]cnc3C=C2O[Si](c2ccccc2)(c2ccccc2)C(C)(C)C)cc1OCc1ccccc1C(F)(F)F. The number of methoxy groups -OCH3 is 2. The van der Waals surface area contributed by atoms with Gasteiger partial charge >= 0.3 is 20.5 Å². The van der Waals surface area contributed by atoms with E-state index in [0.29, 0.717) is 16.3 Å². The van der Waals surface area contributed by atoms with Crippen LogP contribution in [0.1, 0.15) is 57.8 Å². The molecule has 12 heteroatoms. The van der Waals surface area contributed by atoms with E-state index in [1.807, 2.05) is 42.5 Å². The number of carbonyl (C=O) groups is 1. The molecule has 0 spiro atoms. The first-order chi connectivity index (χ1) is 23.8. The number of nitrogens with zero attached hydrogens (tertiary/aromatic N) is 1. The average Bonchev–Trinajstić information content (AvgIpc) is 3.75. The zero-order valence-electron chi connectivity index (χ0n) is 28.3. The largest absolute Gasteiger partial charge is 0.534 e. The zero-order chi connectivity index (χ0) is 35.7. The first kappa shape index (κ1) is 35.2. The fourth-order valence-electron chi connectivity index (χ4n) is 6.58. The molecule has 1 atom stereocenters. The Kier molecular flexibility index (Phi) is 9.55. The summed E-state index contributed by atoms with van der Waals surface area (Å²) >= 11 is 1.09. The molecular weight excluding hydrogens is 682 g/mol. The maximum Gasteiger partial charge on any atom is 0.416 e. The summed E-state index contributed by atoms with van der Waals surface area (Å²) in [6, 6.07) is 27.1. The summed E-state index contributed by atoms with van der Waals surface area (Å²) in [5, 5.41) is 1.70. The summed E-state index contributed by atoms with van der Waals surface area (Å²) in [4.78, 5) is 21.6. The maximum atomic E-state index is 13.8. The molecule has 0 bridgehead atoms. The molecule has 2 heterocycles. The van der Waals surface area contributed by atoms with E-state index in [2.05, 4.69) is 55.0 Å². The highest BCUT2D eigenvalue weighted by atomic mass is 32.1. The van der Waals surface area contributed by atoms with Crippen molar-refractivity contribution in [2.45, 2.75) is 50.6 Å². The van der Waals surface area contributed by atoms with Gasteiger partial charge in [0.1, 0.15) is 18.1 Å². The molecule has 0 fully saturated rings. The number of H-pyrrole nitrogens is 1. The normalized spacial score (nSPS) is 16.4. The smallest absolute Gasteiger partial charge is 0.416 e. The number of nitrogens with one attached hydrogen (secondary N) is 1. The summed E-state index contributed by atoms with van der Waals surface area (Å²) in [5.74, 6) is -0.130. The third-order valence-corrected chi connectivity index (χ3v) is 15.2. The van der Waals surface area contributed by atoms with Crippen LogP contribution in [-0.2, 0) is 38.7 Å². The quantitative estimate of drug-likeness (QED) is 0.117. The molecule has 2 aromatic heterocycles. The lowest BCUT2D eigenvalue weighted by Gasteiger charge is -2.47. The van der Waals surface area contributed by atoms with Crippen LogP contribution in [0.3, 0.4) is 0 Å². The molecule has 0 aliphatic heterocycles. The van der Waals surface area contributed by atoms with Crippen molar-refractivity contribution in [3.05, 3.63) is 135 Å². The minimum absolute atomic E-state index is 0.0691. The summed E-state index contributed by atoms with van der Waals surface area (Å²) < 4.78 is 66.6. The monoisotopic (exact) mass is 718 g/mol. The Morgan fingerprint density at radius 3 is 2.14 bits per heavy atom. The highest BCUT2D eigenvalue weighted by molar-refractivity contribution is 7.14. The van der Waals surface area contributed by atoms with Crippen LogP contribution < -0.4 is 15.1 Å². The number of aromatic nitrogens is 2. The first-order valence-corrected chi connectivity index (χ1v) is 18.7. The number of esters is 1. The number of hydrogen-bond acceptors (Lipinski definition) is 7. The molecule has 1 unspecified atom stereocenters. The van der Waals surface area contributed by atoms with Gasteiger partial charge in [0, 0.05) is 35.7 Å². The second-order valence-corrected chi connectivity index (χ2v) is 18.3. The third kappa shape index (κ3) is 6.27. The molecule has 1 aliphatic carbocycles. The molecule has 6 rings (SSSR count). The van der Waals surface area contributed by atoms with Gasteiger partial charge in [-0.15, -0.1) is 11.3 Å². The zero-order valence-corrected chi connectivity index (χ0v) is 30.1. The lowest BCUT2D eigenvalue weighted by Crippen LogP contribution is -2.67. The molecule has 50 heavy (non-hydrogen) atoms. The van der Waals surface area contributed by atoms with Crippen molar-refractivity contribution in [3.8, 4) is 5.75 Å². The van der Waals surface area contributed by atoms with Gasteiger partial charge in [-0.3, -0.25) is 0 Å². The fraction of sp³-hybridized carbons (Fsp3) is 0.263. The van der Waals surface area contributed by atoms with E-state index in [4.69, 9.17) is 18.6 Å². The van der Waals surface area contributed by atoms with Crippen molar-refractivity contribution < 1.29 is 36.6 Å². The van der Waals surface area contributed by atoms with Crippen molar-refractivity contribution in [1.82, 2.24) is 9.97 Å². The van der Waals surface area contributed by atoms with Crippen LogP contribution in [0.2, 0.25) is 5.04 Å². The van der Waals surface area contributed by atoms with Crippen LogP contribution in [0.5, 0.6) is 5.75 Å². The van der Waals surface area contributed by atoms with Gasteiger partial charge in [-0.25, -0.2) is 9.78 Å². The average molecular weight is 719 g/mol. The Morgan fingerprint density at radius 2 is 1.56 bits per heavy atom. The summed E-state index contributed by atoms with van der Waals surface area (Å²) in [6.07, 6.45) is -0.836. The number of carbonyl (C=O) groups excluding carboxylic acids is 1. The number of halogens is 3. The van der Waals surface area contributed by atoms with E-state index in [1.165, 1.54) is 25.3 Å². The Bertz CT molecular complexity index is 1960. The van der Waals surface area contributed by atoms with Gasteiger partial charge in [-0.05, 0) is 27.5 Å². The van der Waals surface area contributed by atoms with Crippen molar-refractivity contribution in [2.75, 3.05) is 14.2 Å². The standard InChI is InChI=1S/C38H37F3N2O5SSi/c1-36(2,3)50(26-15-8-6-9-16-26,27-17-10-7-11-18-27)48-32-20-29-30(43-24-42-29)22-37(32,46-5)33-21-31(34(49-33)35(44)45-4)47-23-25-14-12-13-19-28(25)38(39,40)41/h6-21,24H,22-23H2,1-5H3,(H,42,43). The minimum Gasteiger partial charge on any atom is -0.534 e. The molecule has 1 N–H and O–H groups in total. The molecule has 0 radical (unpaired) electrons. The second-order valence-electron chi connectivity index (χ2n) is 13.0. The van der Waals surface area contributed by atoms with E-state index >= 15 is 0 Å². The van der Waals surface area contributed by atoms with Gasteiger partial charge in [-0.1, -0.05) is 99.6 Å². The lowest BCUT2D eigenvalue weighted by atomic mass is 9.87. The molecule has 0 saturated heterocycles. The number of rotatable bonds is 10. The van der Waals surface area contributed by atoms with Crippen LogP contribution in [0.25, 0.3) is 6.08 Å². The van der Waals surface area contributed by atoms with E-state index in [-0.39, 0.29) is 22.6 Å². The summed E-state index contributed by atoms with van der Waals surface area (Å²) in [7, 11) is -0.393. The van der Waals surface area contributed by atoms with E-state index in [1.54, 1.807) is 19.5 Å². The van der Waals surface area contributed by atoms with Crippen LogP contribution >= 0.6 is 11.3 Å². The number of benzene rings is 3. The number of imidazole rings is 1. The van der Waals surface area contributed by atoms with E-state index in [0.717, 1.165) is 33.5 Å². The Labute approximate surface area is 293 Å². The highest BCUT2D eigenvalue weighted by Gasteiger charge is 2.56. The lowest BCUT2D eigenvalue weighted by molar-refractivity contribution is -0.138. The van der Waals surface area contributed by atoms with Crippen molar-refractivity contribution >= 4 is 42.1 Å². The molecule has 7 nitrogen and oxygen atoms in total. The van der Waals surface area contributed by atoms with Gasteiger partial charge in [0.05, 0.1) is 24.7 Å². The Balaban J connectivity index is 1.52. The Morgan fingerprint density at radius 1 is 0.940 bits per heavy atom. The van der Waals surface area contributed by atoms with Gasteiger partial charge in [-0.2, -0.15) is 13.2 Å². The van der Waals surface area contributed by atoms with Gasteiger partial charge in [0.25, 0.3) is 0 Å². The number of thiophene rings is 1. The molecule has 5 aromatic rings. The van der Waals surface area contributed by atoms with Crippen LogP contribution in [0.15, 0.2) is 103 Å². The number of fused-ring (bicyclic) bond motifs is 1. The molecule has 0 saturated carbocycles. The topological polar surface area (TPSA) is 82.7 Å². The van der Waals surface area contributed by atoms with Crippen LogP contribution in [0, 0.1) is 0 Å². The Hall–Kier alpha value is -4.65. The second kappa shape index (κ2) is 13.6. The third-order valence-electron chi connectivity index (χ3n) is 9.04.